The second kappa shape index (κ2) is 11.2. The average Bonchev–Trinajstić information content (AvgIpc) is 2.50. The molecule has 0 aliphatic rings. The standard InChI is InChI=1S/C14H24N6.HI/c1-15-13(16-2)19-9-11-5-7-12(8-6-11)10-20-14(17-3)18-4;/h5-8H,9-10H2,1-4H3,(H2,15,16,19)(H2,17,18,20);1H. The number of guanidine groups is 2. The predicted molar refractivity (Wildman–Crippen MR) is 100 cm³/mol. The summed E-state index contributed by atoms with van der Waals surface area (Å²) in [5, 5.41) is 12.4. The fourth-order valence-electron chi connectivity index (χ4n) is 1.71. The number of rotatable bonds is 4. The van der Waals surface area contributed by atoms with E-state index in [9.17, 15) is 0 Å². The molecule has 1 aromatic rings. The molecule has 118 valence electrons. The van der Waals surface area contributed by atoms with E-state index in [0.717, 1.165) is 25.0 Å². The third-order valence-electron chi connectivity index (χ3n) is 2.86. The summed E-state index contributed by atoms with van der Waals surface area (Å²) in [5.74, 6) is 1.57. The summed E-state index contributed by atoms with van der Waals surface area (Å²) in [7, 11) is 7.20. The minimum atomic E-state index is 0. The van der Waals surface area contributed by atoms with Gasteiger partial charge in [0.2, 0.25) is 0 Å². The van der Waals surface area contributed by atoms with Gasteiger partial charge in [0.25, 0.3) is 0 Å². The Balaban J connectivity index is 0.00000400. The van der Waals surface area contributed by atoms with Gasteiger partial charge in [-0.05, 0) is 11.1 Å². The molecule has 0 atom stereocenters. The fraction of sp³-hybridized carbons (Fsp3) is 0.429. The molecule has 0 aliphatic heterocycles. The van der Waals surface area contributed by atoms with Crippen LogP contribution in [0.15, 0.2) is 34.3 Å². The quantitative estimate of drug-likeness (QED) is 0.342. The van der Waals surface area contributed by atoms with Crippen LogP contribution in [0.5, 0.6) is 0 Å². The van der Waals surface area contributed by atoms with E-state index in [0.29, 0.717) is 0 Å². The lowest BCUT2D eigenvalue weighted by Crippen LogP contribution is -2.34. The molecule has 0 heterocycles. The molecule has 0 unspecified atom stereocenters. The summed E-state index contributed by atoms with van der Waals surface area (Å²) in [6, 6.07) is 8.42. The summed E-state index contributed by atoms with van der Waals surface area (Å²) in [6.45, 7) is 1.50. The molecule has 1 aromatic carbocycles. The zero-order chi connectivity index (χ0) is 14.8. The van der Waals surface area contributed by atoms with Crippen LogP contribution in [-0.4, -0.2) is 40.1 Å². The van der Waals surface area contributed by atoms with Crippen LogP contribution < -0.4 is 21.3 Å². The smallest absolute Gasteiger partial charge is 0.190 e. The lowest BCUT2D eigenvalue weighted by molar-refractivity contribution is 0.852. The Bertz CT molecular complexity index is 412. The lowest BCUT2D eigenvalue weighted by Gasteiger charge is -2.10. The first kappa shape index (κ1) is 19.5. The van der Waals surface area contributed by atoms with E-state index in [2.05, 4.69) is 55.5 Å². The van der Waals surface area contributed by atoms with Crippen molar-refractivity contribution >= 4 is 35.9 Å². The van der Waals surface area contributed by atoms with Crippen molar-refractivity contribution < 1.29 is 0 Å². The summed E-state index contributed by atoms with van der Waals surface area (Å²) in [4.78, 5) is 8.14. The molecular weight excluding hydrogens is 379 g/mol. The number of halogens is 1. The van der Waals surface area contributed by atoms with Crippen LogP contribution in [0.1, 0.15) is 11.1 Å². The summed E-state index contributed by atoms with van der Waals surface area (Å²) in [5.41, 5.74) is 2.42. The van der Waals surface area contributed by atoms with E-state index in [4.69, 9.17) is 0 Å². The number of hydrogen-bond acceptors (Lipinski definition) is 2. The number of benzene rings is 1. The molecule has 0 spiro atoms. The van der Waals surface area contributed by atoms with E-state index < -0.39 is 0 Å². The lowest BCUT2D eigenvalue weighted by atomic mass is 10.1. The number of aliphatic imine (C=N–C) groups is 2. The first-order valence-corrected chi connectivity index (χ1v) is 6.58. The van der Waals surface area contributed by atoms with Gasteiger partial charge in [-0.1, -0.05) is 24.3 Å². The highest BCUT2D eigenvalue weighted by atomic mass is 127. The maximum atomic E-state index is 4.07. The zero-order valence-electron chi connectivity index (χ0n) is 13.0. The van der Waals surface area contributed by atoms with Crippen molar-refractivity contribution in [2.24, 2.45) is 9.98 Å². The first-order chi connectivity index (χ1) is 9.73. The normalized spacial score (nSPS) is 11.4. The van der Waals surface area contributed by atoms with Gasteiger partial charge >= 0.3 is 0 Å². The Morgan fingerprint density at radius 2 is 1.14 bits per heavy atom. The third kappa shape index (κ3) is 7.16. The molecule has 0 saturated heterocycles. The molecule has 0 aliphatic carbocycles. The fourth-order valence-corrected chi connectivity index (χ4v) is 1.71. The van der Waals surface area contributed by atoms with Gasteiger partial charge in [-0.2, -0.15) is 0 Å². The van der Waals surface area contributed by atoms with E-state index in [1.807, 2.05) is 14.1 Å². The predicted octanol–water partition coefficient (Wildman–Crippen LogP) is 0.894. The molecule has 21 heavy (non-hydrogen) atoms. The molecule has 0 fully saturated rings. The van der Waals surface area contributed by atoms with Crippen LogP contribution >= 0.6 is 24.0 Å². The Labute approximate surface area is 143 Å². The molecule has 0 aromatic heterocycles. The zero-order valence-corrected chi connectivity index (χ0v) is 15.4. The summed E-state index contributed by atoms with van der Waals surface area (Å²) >= 11 is 0. The van der Waals surface area contributed by atoms with Crippen LogP contribution in [0.4, 0.5) is 0 Å². The molecule has 0 amide bonds. The molecule has 1 rings (SSSR count). The topological polar surface area (TPSA) is 72.8 Å². The van der Waals surface area contributed by atoms with Gasteiger partial charge < -0.3 is 21.3 Å². The maximum Gasteiger partial charge on any atom is 0.190 e. The monoisotopic (exact) mass is 404 g/mol. The van der Waals surface area contributed by atoms with Crippen LogP contribution in [0.3, 0.4) is 0 Å². The van der Waals surface area contributed by atoms with E-state index in [1.165, 1.54) is 11.1 Å². The highest BCUT2D eigenvalue weighted by molar-refractivity contribution is 14.0. The van der Waals surface area contributed by atoms with Gasteiger partial charge in [-0.15, -0.1) is 24.0 Å². The van der Waals surface area contributed by atoms with Gasteiger partial charge in [-0.3, -0.25) is 9.98 Å². The van der Waals surface area contributed by atoms with Crippen molar-refractivity contribution in [1.29, 1.82) is 0 Å². The Kier molecular flexibility index (Phi) is 10.4. The Morgan fingerprint density at radius 1 is 0.810 bits per heavy atom. The number of nitrogens with zero attached hydrogens (tertiary/aromatic N) is 2. The van der Waals surface area contributed by atoms with E-state index in [1.54, 1.807) is 14.1 Å². The SMILES string of the molecule is CN=C(NC)NCc1ccc(CNC(=NC)NC)cc1.I. The van der Waals surface area contributed by atoms with Gasteiger partial charge in [0.15, 0.2) is 11.9 Å². The van der Waals surface area contributed by atoms with Gasteiger partial charge in [0.05, 0.1) is 0 Å². The van der Waals surface area contributed by atoms with Crippen molar-refractivity contribution in [3.05, 3.63) is 35.4 Å². The summed E-state index contributed by atoms with van der Waals surface area (Å²) in [6.07, 6.45) is 0. The second-order valence-corrected chi connectivity index (χ2v) is 4.17. The third-order valence-corrected chi connectivity index (χ3v) is 2.86. The molecule has 6 nitrogen and oxygen atoms in total. The van der Waals surface area contributed by atoms with Crippen LogP contribution in [0.25, 0.3) is 0 Å². The Hall–Kier alpha value is -1.51. The number of hydrogen-bond donors (Lipinski definition) is 4. The second-order valence-electron chi connectivity index (χ2n) is 4.17. The Morgan fingerprint density at radius 3 is 1.38 bits per heavy atom. The van der Waals surface area contributed by atoms with Crippen molar-refractivity contribution in [3.8, 4) is 0 Å². The minimum Gasteiger partial charge on any atom is -0.359 e. The average molecular weight is 404 g/mol. The van der Waals surface area contributed by atoms with E-state index >= 15 is 0 Å². The van der Waals surface area contributed by atoms with E-state index in [-0.39, 0.29) is 24.0 Å². The van der Waals surface area contributed by atoms with Crippen LogP contribution in [0.2, 0.25) is 0 Å². The molecule has 0 saturated carbocycles. The minimum absolute atomic E-state index is 0. The number of nitrogens with one attached hydrogen (secondary N) is 4. The maximum absolute atomic E-state index is 4.07. The molecule has 7 heteroatoms. The van der Waals surface area contributed by atoms with Gasteiger partial charge in [0.1, 0.15) is 0 Å². The summed E-state index contributed by atoms with van der Waals surface area (Å²) < 4.78 is 0. The van der Waals surface area contributed by atoms with Gasteiger partial charge in [0, 0.05) is 41.3 Å². The molecular formula is C14H25IN6. The molecule has 4 N–H and O–H groups in total. The van der Waals surface area contributed by atoms with Crippen molar-refractivity contribution in [1.82, 2.24) is 21.3 Å². The van der Waals surface area contributed by atoms with Gasteiger partial charge in [-0.25, -0.2) is 0 Å². The molecule has 0 radical (unpaired) electrons. The van der Waals surface area contributed by atoms with Crippen molar-refractivity contribution in [2.75, 3.05) is 28.2 Å². The highest BCUT2D eigenvalue weighted by Gasteiger charge is 1.98. The largest absolute Gasteiger partial charge is 0.359 e. The highest BCUT2D eigenvalue weighted by Crippen LogP contribution is 2.04. The first-order valence-electron chi connectivity index (χ1n) is 6.58. The van der Waals surface area contributed by atoms with Crippen LogP contribution in [-0.2, 0) is 13.1 Å². The van der Waals surface area contributed by atoms with Crippen molar-refractivity contribution in [3.63, 3.8) is 0 Å². The molecule has 0 bridgehead atoms. The van der Waals surface area contributed by atoms with Crippen LogP contribution in [0, 0.1) is 0 Å². The van der Waals surface area contributed by atoms with Crippen molar-refractivity contribution in [2.45, 2.75) is 13.1 Å².